The maximum absolute atomic E-state index is 2.67. The monoisotopic (exact) mass is 1030 g/mol. The second-order valence-electron chi connectivity index (χ2n) is 24.6. The summed E-state index contributed by atoms with van der Waals surface area (Å²) in [6.07, 6.45) is 37.1. The minimum Gasteiger partial charge on any atom is -0.0654 e. The Morgan fingerprint density at radius 2 is 0.526 bits per heavy atom. The first-order chi connectivity index (χ1) is 38.6. The Hall–Kier alpha value is -5.72. The predicted octanol–water partition coefficient (Wildman–Crippen LogP) is 24.6. The maximum Gasteiger partial charge on any atom is 0.0215 e. The van der Waals surface area contributed by atoms with Crippen LogP contribution >= 0.6 is 0 Å². The van der Waals surface area contributed by atoms with E-state index < -0.39 is 0 Å². The van der Waals surface area contributed by atoms with Gasteiger partial charge in [-0.2, -0.15) is 0 Å². The minimum atomic E-state index is 0.0577. The molecule has 0 saturated carbocycles. The van der Waals surface area contributed by atoms with Crippen molar-refractivity contribution in [3.8, 4) is 44.5 Å². The third kappa shape index (κ3) is 10.4. The standard InChI is InChI=1S/C78H92/c1-5-9-13-17-21-29-51-77(52-30-22-18-14-10-6-2)71-41-27-25-35-61(71)63-45-43-57(55-73(63)77)59-47-49-69-70-50-48-60(66-38-34-40-68(76(66)70)67-39-33-37-65(59)75(67)69)58-44-46-64-62-36-26-28-42-72(62)78(74(64)56-58,53-31-23-19-15-11-7-3)54-32-24-20-16-12-8-4/h25-28,33-50,55-56H,5-24,29-32,51-54H2,1-4H3. The van der Waals surface area contributed by atoms with Crippen molar-refractivity contribution >= 4 is 43.1 Å². The summed E-state index contributed by atoms with van der Waals surface area (Å²) in [4.78, 5) is 0. The number of hydrogen-bond donors (Lipinski definition) is 0. The molecule has 9 aromatic carbocycles. The first-order valence-corrected chi connectivity index (χ1v) is 32.2. The summed E-state index contributed by atoms with van der Waals surface area (Å²) in [5.41, 5.74) is 17.8. The molecule has 0 aliphatic heterocycles. The van der Waals surface area contributed by atoms with E-state index in [4.69, 9.17) is 0 Å². The minimum absolute atomic E-state index is 0.0577. The number of rotatable bonds is 30. The molecule has 2 aliphatic carbocycles. The number of hydrogen-bond acceptors (Lipinski definition) is 0. The van der Waals surface area contributed by atoms with Gasteiger partial charge in [-0.15, -0.1) is 0 Å². The summed E-state index contributed by atoms with van der Waals surface area (Å²) < 4.78 is 0. The third-order valence-electron chi connectivity index (χ3n) is 19.6. The van der Waals surface area contributed by atoms with E-state index in [0.29, 0.717) is 0 Å². The lowest BCUT2D eigenvalue weighted by Crippen LogP contribution is -2.25. The normalized spacial score (nSPS) is 14.0. The predicted molar refractivity (Wildman–Crippen MR) is 343 cm³/mol. The summed E-state index contributed by atoms with van der Waals surface area (Å²) >= 11 is 0. The summed E-state index contributed by atoms with van der Waals surface area (Å²) in [6, 6.07) is 58.6. The molecule has 9 aromatic rings. The smallest absolute Gasteiger partial charge is 0.0215 e. The Labute approximate surface area is 471 Å². The molecular weight excluding hydrogens is 937 g/mol. The summed E-state index contributed by atoms with van der Waals surface area (Å²) in [7, 11) is 0. The van der Waals surface area contributed by atoms with Crippen molar-refractivity contribution in [2.75, 3.05) is 0 Å². The lowest BCUT2D eigenvalue weighted by atomic mass is 9.70. The Kier molecular flexibility index (Phi) is 17.5. The number of fused-ring (bicyclic) bond motifs is 8. The molecule has 0 fully saturated rings. The van der Waals surface area contributed by atoms with Crippen molar-refractivity contribution in [3.05, 3.63) is 168 Å². The van der Waals surface area contributed by atoms with E-state index >= 15 is 0 Å². The van der Waals surface area contributed by atoms with E-state index in [9.17, 15) is 0 Å². The molecule has 0 heteroatoms. The molecule has 0 nitrogen and oxygen atoms in total. The van der Waals surface area contributed by atoms with Gasteiger partial charge in [0, 0.05) is 10.8 Å². The molecule has 0 radical (unpaired) electrons. The third-order valence-corrected chi connectivity index (χ3v) is 19.6. The van der Waals surface area contributed by atoms with Crippen molar-refractivity contribution < 1.29 is 0 Å². The highest BCUT2D eigenvalue weighted by Crippen LogP contribution is 2.57. The molecule has 0 saturated heterocycles. The van der Waals surface area contributed by atoms with Gasteiger partial charge in [-0.1, -0.05) is 315 Å². The molecule has 0 amide bonds. The molecule has 0 unspecified atom stereocenters. The molecule has 0 bridgehead atoms. The highest BCUT2D eigenvalue weighted by molar-refractivity contribution is 6.35. The van der Waals surface area contributed by atoms with E-state index in [1.165, 1.54) is 267 Å². The molecule has 78 heavy (non-hydrogen) atoms. The van der Waals surface area contributed by atoms with Crippen LogP contribution in [0.1, 0.15) is 230 Å². The van der Waals surface area contributed by atoms with Crippen LogP contribution in [0.4, 0.5) is 0 Å². The average molecular weight is 1030 g/mol. The summed E-state index contributed by atoms with van der Waals surface area (Å²) in [5.74, 6) is 0. The highest BCUT2D eigenvalue weighted by Gasteiger charge is 2.44. The quantitative estimate of drug-likeness (QED) is 0.0239. The summed E-state index contributed by atoms with van der Waals surface area (Å²) in [5, 5.41) is 11.0. The van der Waals surface area contributed by atoms with Crippen molar-refractivity contribution in [3.63, 3.8) is 0 Å². The SMILES string of the molecule is CCCCCCCCC1(CCCCCCCC)c2ccccc2-c2ccc(-c3ccc4c5ccc(-c6ccc7c(c6)C(CCCCCCCC)(CCCCCCCC)c6ccccc6-7)c6cccc(c7cccc3c74)c65)cc21. The van der Waals surface area contributed by atoms with Gasteiger partial charge in [0.1, 0.15) is 0 Å². The van der Waals surface area contributed by atoms with Gasteiger partial charge in [-0.25, -0.2) is 0 Å². The van der Waals surface area contributed by atoms with Crippen molar-refractivity contribution in [1.82, 2.24) is 0 Å². The number of benzene rings is 9. The molecule has 2 aliphatic rings. The summed E-state index contributed by atoms with van der Waals surface area (Å²) in [6.45, 7) is 9.34. The van der Waals surface area contributed by atoms with E-state index in [0.717, 1.165) is 0 Å². The first kappa shape index (κ1) is 54.2. The van der Waals surface area contributed by atoms with Gasteiger partial charge in [-0.05, 0) is 148 Å². The van der Waals surface area contributed by atoms with Gasteiger partial charge in [0.2, 0.25) is 0 Å². The van der Waals surface area contributed by atoms with Crippen LogP contribution in [0.5, 0.6) is 0 Å². The van der Waals surface area contributed by atoms with Crippen LogP contribution in [-0.4, -0.2) is 0 Å². The van der Waals surface area contributed by atoms with Gasteiger partial charge in [-0.3, -0.25) is 0 Å². The molecule has 0 heterocycles. The van der Waals surface area contributed by atoms with Crippen LogP contribution < -0.4 is 0 Å². The highest BCUT2D eigenvalue weighted by atomic mass is 14.5. The van der Waals surface area contributed by atoms with Gasteiger partial charge >= 0.3 is 0 Å². The van der Waals surface area contributed by atoms with Crippen LogP contribution in [-0.2, 0) is 10.8 Å². The van der Waals surface area contributed by atoms with Crippen molar-refractivity contribution in [2.24, 2.45) is 0 Å². The fraction of sp³-hybridized carbons (Fsp3) is 0.436. The molecule has 0 atom stereocenters. The van der Waals surface area contributed by atoms with Crippen LogP contribution in [0.2, 0.25) is 0 Å². The molecule has 0 aromatic heterocycles. The Bertz CT molecular complexity index is 3150. The van der Waals surface area contributed by atoms with E-state index in [1.54, 1.807) is 22.3 Å². The fourth-order valence-electron chi connectivity index (χ4n) is 15.6. The molecule has 404 valence electrons. The van der Waals surface area contributed by atoms with E-state index in [2.05, 4.69) is 173 Å². The number of unbranched alkanes of at least 4 members (excludes halogenated alkanes) is 20. The topological polar surface area (TPSA) is 0 Å². The van der Waals surface area contributed by atoms with Gasteiger partial charge in [0.15, 0.2) is 0 Å². The molecule has 0 N–H and O–H groups in total. The molecular formula is C78H92. The van der Waals surface area contributed by atoms with Crippen molar-refractivity contribution in [1.29, 1.82) is 0 Å². The lowest BCUT2D eigenvalue weighted by Gasteiger charge is -2.33. The zero-order chi connectivity index (χ0) is 53.3. The van der Waals surface area contributed by atoms with Gasteiger partial charge in [0.05, 0.1) is 0 Å². The Morgan fingerprint density at radius 3 is 0.897 bits per heavy atom. The first-order valence-electron chi connectivity index (χ1n) is 32.2. The lowest BCUT2D eigenvalue weighted by molar-refractivity contribution is 0.398. The van der Waals surface area contributed by atoms with Crippen LogP contribution in [0.25, 0.3) is 87.6 Å². The second-order valence-corrected chi connectivity index (χ2v) is 24.6. The van der Waals surface area contributed by atoms with Crippen LogP contribution in [0.15, 0.2) is 146 Å². The molecule has 11 rings (SSSR count). The van der Waals surface area contributed by atoms with Crippen LogP contribution in [0.3, 0.4) is 0 Å². The Morgan fingerprint density at radius 1 is 0.231 bits per heavy atom. The zero-order valence-corrected chi connectivity index (χ0v) is 48.7. The zero-order valence-electron chi connectivity index (χ0n) is 48.7. The largest absolute Gasteiger partial charge is 0.0654 e. The van der Waals surface area contributed by atoms with E-state index in [1.807, 2.05) is 0 Å². The van der Waals surface area contributed by atoms with Gasteiger partial charge in [0.25, 0.3) is 0 Å². The molecule has 0 spiro atoms. The average Bonchev–Trinajstić information content (AvgIpc) is 4.10. The van der Waals surface area contributed by atoms with E-state index in [-0.39, 0.29) is 10.8 Å². The Balaban J connectivity index is 0.981. The van der Waals surface area contributed by atoms with Gasteiger partial charge < -0.3 is 0 Å². The van der Waals surface area contributed by atoms with Crippen molar-refractivity contribution in [2.45, 2.75) is 218 Å². The maximum atomic E-state index is 2.67. The van der Waals surface area contributed by atoms with Crippen LogP contribution in [0, 0.1) is 0 Å². The fourth-order valence-corrected chi connectivity index (χ4v) is 15.6. The second kappa shape index (κ2) is 25.2.